The summed E-state index contributed by atoms with van der Waals surface area (Å²) in [5.74, 6) is 1.10. The van der Waals surface area contributed by atoms with E-state index in [2.05, 4.69) is 19.8 Å². The van der Waals surface area contributed by atoms with E-state index < -0.39 is 5.97 Å². The molecule has 0 saturated carbocycles. The maximum absolute atomic E-state index is 12.8. The molecular weight excluding hydrogens is 438 g/mol. The van der Waals surface area contributed by atoms with Crippen LogP contribution < -0.4 is 10.5 Å². The molecule has 0 radical (unpaired) electrons. The van der Waals surface area contributed by atoms with Crippen LogP contribution in [0.25, 0.3) is 10.2 Å². The van der Waals surface area contributed by atoms with Gasteiger partial charge in [0.2, 0.25) is 0 Å². The van der Waals surface area contributed by atoms with Crippen molar-refractivity contribution in [2.75, 3.05) is 37.7 Å². The number of H-pyrrole nitrogens is 1. The number of pyridine rings is 1. The summed E-state index contributed by atoms with van der Waals surface area (Å²) in [4.78, 5) is 42.5. The second-order valence-corrected chi connectivity index (χ2v) is 8.88. The number of rotatable bonds is 5. The van der Waals surface area contributed by atoms with E-state index in [-0.39, 0.29) is 18.2 Å². The van der Waals surface area contributed by atoms with Crippen LogP contribution in [0.4, 0.5) is 5.82 Å². The van der Waals surface area contributed by atoms with E-state index in [1.165, 1.54) is 11.3 Å². The minimum absolute atomic E-state index is 0.0640. The van der Waals surface area contributed by atoms with E-state index in [1.54, 1.807) is 20.0 Å². The Hall–Kier alpha value is -2.49. The first-order chi connectivity index (χ1) is 14.9. The Morgan fingerprint density at radius 3 is 2.71 bits per heavy atom. The summed E-state index contributed by atoms with van der Waals surface area (Å²) in [6, 6.07) is 3.70. The molecule has 1 N–H and O–H groups in total. The Morgan fingerprint density at radius 1 is 1.32 bits per heavy atom. The third kappa shape index (κ3) is 4.30. The number of carbonyl (C=O) groups is 1. The molecule has 0 amide bonds. The lowest BCUT2D eigenvalue weighted by Crippen LogP contribution is -2.47. The topological polar surface area (TPSA) is 91.4 Å². The average Bonchev–Trinajstić information content (AvgIpc) is 3.11. The molecule has 3 aromatic heterocycles. The third-order valence-corrected chi connectivity index (χ3v) is 6.96. The molecule has 164 valence electrons. The van der Waals surface area contributed by atoms with Gasteiger partial charge in [-0.2, -0.15) is 0 Å². The van der Waals surface area contributed by atoms with Gasteiger partial charge in [-0.15, -0.1) is 11.3 Å². The Bertz CT molecular complexity index is 1150. The zero-order valence-electron chi connectivity index (χ0n) is 17.6. The van der Waals surface area contributed by atoms with Gasteiger partial charge in [-0.3, -0.25) is 9.69 Å². The lowest BCUT2D eigenvalue weighted by molar-refractivity contribution is 0.0531. The first-order valence-corrected chi connectivity index (χ1v) is 11.4. The Labute approximate surface area is 188 Å². The molecule has 4 rings (SSSR count). The molecule has 1 atom stereocenters. The van der Waals surface area contributed by atoms with Gasteiger partial charge in [0.15, 0.2) is 0 Å². The predicted molar refractivity (Wildman–Crippen MR) is 122 cm³/mol. The largest absolute Gasteiger partial charge is 0.462 e. The van der Waals surface area contributed by atoms with Crippen molar-refractivity contribution < 1.29 is 9.53 Å². The van der Waals surface area contributed by atoms with E-state index in [4.69, 9.17) is 21.3 Å². The summed E-state index contributed by atoms with van der Waals surface area (Å²) >= 11 is 7.14. The highest BCUT2D eigenvalue weighted by atomic mass is 35.5. The summed E-state index contributed by atoms with van der Waals surface area (Å²) in [6.07, 6.45) is 1.66. The Kier molecular flexibility index (Phi) is 6.27. The molecule has 0 spiro atoms. The van der Waals surface area contributed by atoms with Crippen molar-refractivity contribution in [1.82, 2.24) is 19.9 Å². The number of carbonyl (C=O) groups excluding carboxylic acids is 1. The summed E-state index contributed by atoms with van der Waals surface area (Å²) in [7, 11) is 0. The van der Waals surface area contributed by atoms with Crippen LogP contribution in [0.15, 0.2) is 23.1 Å². The van der Waals surface area contributed by atoms with Crippen molar-refractivity contribution in [3.63, 3.8) is 0 Å². The van der Waals surface area contributed by atoms with Gasteiger partial charge in [0.05, 0.1) is 23.1 Å². The van der Waals surface area contributed by atoms with Crippen molar-refractivity contribution in [2.24, 2.45) is 0 Å². The fourth-order valence-electron chi connectivity index (χ4n) is 3.82. The van der Waals surface area contributed by atoms with Crippen LogP contribution in [-0.2, 0) is 4.74 Å². The van der Waals surface area contributed by atoms with Gasteiger partial charge < -0.3 is 14.6 Å². The molecule has 0 aliphatic carbocycles. The smallest absolute Gasteiger partial charge is 0.348 e. The molecule has 1 unspecified atom stereocenters. The molecule has 0 aromatic carbocycles. The standard InChI is InChI=1S/C21H24ClN5O3S/c1-4-30-21(29)17-12(2)16-19(28)24-18(25-20(16)31-17)13(3)26-7-9-27(10-8-26)15-6-5-14(22)11-23-15/h5-6,11,13H,4,7-10H2,1-3H3,(H,24,25,28). The fraction of sp³-hybridized carbons (Fsp3) is 0.429. The molecule has 1 aliphatic heterocycles. The highest BCUT2D eigenvalue weighted by Gasteiger charge is 2.26. The highest BCUT2D eigenvalue weighted by molar-refractivity contribution is 7.20. The van der Waals surface area contributed by atoms with E-state index in [0.29, 0.717) is 31.5 Å². The summed E-state index contributed by atoms with van der Waals surface area (Å²) in [5.41, 5.74) is 0.399. The molecule has 0 bridgehead atoms. The summed E-state index contributed by atoms with van der Waals surface area (Å²) in [5, 5.41) is 1.08. The number of hydrogen-bond donors (Lipinski definition) is 1. The minimum atomic E-state index is -0.413. The monoisotopic (exact) mass is 461 g/mol. The number of ether oxygens (including phenoxy) is 1. The SMILES string of the molecule is CCOC(=O)c1sc2nc(C(C)N3CCN(c4ccc(Cl)cn4)CC3)[nH]c(=O)c2c1C. The van der Waals surface area contributed by atoms with Crippen LogP contribution in [-0.4, -0.2) is 58.6 Å². The van der Waals surface area contributed by atoms with E-state index in [1.807, 2.05) is 19.1 Å². The second kappa shape index (κ2) is 8.94. The number of piperazine rings is 1. The quantitative estimate of drug-likeness (QED) is 0.582. The maximum atomic E-state index is 12.8. The zero-order valence-corrected chi connectivity index (χ0v) is 19.2. The number of aromatic nitrogens is 3. The van der Waals surface area contributed by atoms with E-state index in [0.717, 1.165) is 32.0 Å². The summed E-state index contributed by atoms with van der Waals surface area (Å²) < 4.78 is 5.11. The van der Waals surface area contributed by atoms with Crippen molar-refractivity contribution in [3.05, 3.63) is 50.0 Å². The molecular formula is C21H24ClN5O3S. The van der Waals surface area contributed by atoms with Crippen molar-refractivity contribution in [2.45, 2.75) is 26.8 Å². The number of fused-ring (bicyclic) bond motifs is 1. The van der Waals surface area contributed by atoms with Gasteiger partial charge in [0.1, 0.15) is 21.3 Å². The maximum Gasteiger partial charge on any atom is 0.348 e. The fourth-order valence-corrected chi connectivity index (χ4v) is 5.01. The Balaban J connectivity index is 1.53. The van der Waals surface area contributed by atoms with Crippen LogP contribution in [0.5, 0.6) is 0 Å². The molecule has 1 aliphatic rings. The predicted octanol–water partition coefficient (Wildman–Crippen LogP) is 3.40. The second-order valence-electron chi connectivity index (χ2n) is 7.44. The van der Waals surface area contributed by atoms with Crippen LogP contribution in [0, 0.1) is 6.92 Å². The lowest BCUT2D eigenvalue weighted by Gasteiger charge is -2.38. The number of halogens is 1. The molecule has 3 aromatic rings. The molecule has 1 saturated heterocycles. The first-order valence-electron chi connectivity index (χ1n) is 10.2. The summed E-state index contributed by atoms with van der Waals surface area (Å²) in [6.45, 7) is 9.09. The van der Waals surface area contributed by atoms with E-state index >= 15 is 0 Å². The number of esters is 1. The number of nitrogens with one attached hydrogen (secondary N) is 1. The van der Waals surface area contributed by atoms with E-state index in [9.17, 15) is 9.59 Å². The van der Waals surface area contributed by atoms with Crippen molar-refractivity contribution >= 4 is 44.9 Å². The van der Waals surface area contributed by atoms with Gasteiger partial charge in [0.25, 0.3) is 5.56 Å². The van der Waals surface area contributed by atoms with Crippen LogP contribution in [0.2, 0.25) is 5.02 Å². The lowest BCUT2D eigenvalue weighted by atomic mass is 10.2. The average molecular weight is 462 g/mol. The number of anilines is 1. The van der Waals surface area contributed by atoms with Gasteiger partial charge in [-0.05, 0) is 38.5 Å². The third-order valence-electron chi connectivity index (χ3n) is 5.57. The van der Waals surface area contributed by atoms with Gasteiger partial charge >= 0.3 is 5.97 Å². The van der Waals surface area contributed by atoms with Crippen LogP contribution in [0.1, 0.15) is 40.9 Å². The Morgan fingerprint density at radius 2 is 2.06 bits per heavy atom. The number of aromatic amines is 1. The minimum Gasteiger partial charge on any atom is -0.462 e. The molecule has 10 heteroatoms. The number of thiophene rings is 1. The van der Waals surface area contributed by atoms with Crippen molar-refractivity contribution in [1.29, 1.82) is 0 Å². The van der Waals surface area contributed by atoms with Crippen molar-refractivity contribution in [3.8, 4) is 0 Å². The molecule has 8 nitrogen and oxygen atoms in total. The van der Waals surface area contributed by atoms with Crippen LogP contribution >= 0.6 is 22.9 Å². The zero-order chi connectivity index (χ0) is 22.1. The van der Waals surface area contributed by atoms with Gasteiger partial charge in [-0.25, -0.2) is 14.8 Å². The first kappa shape index (κ1) is 21.7. The van der Waals surface area contributed by atoms with Gasteiger partial charge in [-0.1, -0.05) is 11.6 Å². The van der Waals surface area contributed by atoms with Crippen LogP contribution in [0.3, 0.4) is 0 Å². The van der Waals surface area contributed by atoms with Gasteiger partial charge in [0, 0.05) is 32.4 Å². The molecule has 4 heterocycles. The molecule has 31 heavy (non-hydrogen) atoms. The highest BCUT2D eigenvalue weighted by Crippen LogP contribution is 2.29. The number of hydrogen-bond acceptors (Lipinski definition) is 8. The molecule has 1 fully saturated rings. The number of aryl methyl sites for hydroxylation is 1. The number of nitrogens with zero attached hydrogens (tertiary/aromatic N) is 4. The normalized spacial score (nSPS) is 15.9.